The van der Waals surface area contributed by atoms with Crippen molar-refractivity contribution in [2.24, 2.45) is 0 Å². The Morgan fingerprint density at radius 3 is 2.22 bits per heavy atom. The van der Waals surface area contributed by atoms with Crippen LogP contribution < -0.4 is 10.0 Å². The second-order valence-corrected chi connectivity index (χ2v) is 12.2. The molecule has 4 rings (SSSR count). The molecule has 4 N–H and O–H groups in total. The molecule has 4 aromatic rings. The number of aromatic nitrogens is 2. The molecule has 0 saturated carbocycles. The molecule has 0 spiro atoms. The number of amides is 2. The summed E-state index contributed by atoms with van der Waals surface area (Å²) < 4.78 is 59.5. The summed E-state index contributed by atoms with van der Waals surface area (Å²) in [5.74, 6) is -5.15. The molecule has 2 amide bonds. The Bertz CT molecular complexity index is 1840. The van der Waals surface area contributed by atoms with Crippen LogP contribution in [0.2, 0.25) is 0 Å². The third-order valence-corrected chi connectivity index (χ3v) is 8.56. The quantitative estimate of drug-likeness (QED) is 0.170. The molecule has 3 aromatic carbocycles. The first kappa shape index (κ1) is 33.9. The molecule has 242 valence electrons. The summed E-state index contributed by atoms with van der Waals surface area (Å²) in [4.78, 5) is 35.8. The number of rotatable bonds is 13. The first-order chi connectivity index (χ1) is 21.8. The minimum atomic E-state index is -4.32. The number of aryl methyl sites for hydroxylation is 1. The fourth-order valence-electron chi connectivity index (χ4n) is 4.93. The molecule has 46 heavy (non-hydrogen) atoms. The Hall–Kier alpha value is -4.95. The molecule has 0 bridgehead atoms. The van der Waals surface area contributed by atoms with Crippen LogP contribution in [0.3, 0.4) is 0 Å². The number of carboxylic acids is 1. The smallest absolute Gasteiger partial charge is 0.334 e. The van der Waals surface area contributed by atoms with Crippen molar-refractivity contribution < 1.29 is 41.8 Å². The van der Waals surface area contributed by atoms with E-state index in [9.17, 15) is 33.0 Å². The van der Waals surface area contributed by atoms with Gasteiger partial charge < -0.3 is 15.5 Å². The average Bonchev–Trinajstić information content (AvgIpc) is 3.40. The van der Waals surface area contributed by atoms with Crippen molar-refractivity contribution in [1.29, 1.82) is 0 Å². The van der Waals surface area contributed by atoms with Crippen LogP contribution in [0.1, 0.15) is 47.6 Å². The Morgan fingerprint density at radius 1 is 0.978 bits per heavy atom. The molecule has 0 aliphatic heterocycles. The maximum atomic E-state index is 15.5. The van der Waals surface area contributed by atoms with Crippen LogP contribution in [-0.4, -0.2) is 58.3 Å². The normalized spacial score (nSPS) is 12.7. The van der Waals surface area contributed by atoms with Crippen LogP contribution >= 0.6 is 0 Å². The molecule has 0 radical (unpaired) electrons. The van der Waals surface area contributed by atoms with Gasteiger partial charge in [-0.05, 0) is 48.2 Å². The summed E-state index contributed by atoms with van der Waals surface area (Å²) in [5, 5.41) is 26.4. The van der Waals surface area contributed by atoms with Gasteiger partial charge in [-0.3, -0.25) is 14.3 Å². The fraction of sp³-hybridized carbons (Fsp3) is 0.250. The van der Waals surface area contributed by atoms with Gasteiger partial charge in [-0.15, -0.1) is 0 Å². The van der Waals surface area contributed by atoms with Crippen molar-refractivity contribution in [2.45, 2.75) is 56.7 Å². The zero-order chi connectivity index (χ0) is 33.6. The number of carboxylic acid groups (broad SMARTS) is 1. The number of hydrogen-bond acceptors (Lipinski definition) is 7. The first-order valence-corrected chi connectivity index (χ1v) is 15.7. The Labute approximate surface area is 263 Å². The van der Waals surface area contributed by atoms with Crippen molar-refractivity contribution in [2.75, 3.05) is 0 Å². The second-order valence-electron chi connectivity index (χ2n) is 10.6. The average molecular weight is 655 g/mol. The molecular weight excluding hydrogens is 622 g/mol. The first-order valence-electron chi connectivity index (χ1n) is 14.2. The molecule has 11 nitrogen and oxygen atoms in total. The van der Waals surface area contributed by atoms with E-state index in [0.717, 1.165) is 19.1 Å². The van der Waals surface area contributed by atoms with Gasteiger partial charge in [-0.1, -0.05) is 61.9 Å². The number of sulfonamides is 1. The third kappa shape index (κ3) is 8.00. The minimum Gasteiger partial charge on any atom is -0.479 e. The van der Waals surface area contributed by atoms with Gasteiger partial charge in [-0.25, -0.2) is 26.7 Å². The largest absolute Gasteiger partial charge is 0.479 e. The molecular formula is C32H32F2N4O7S. The van der Waals surface area contributed by atoms with Crippen molar-refractivity contribution >= 4 is 27.8 Å². The van der Waals surface area contributed by atoms with E-state index in [-0.39, 0.29) is 28.1 Å². The summed E-state index contributed by atoms with van der Waals surface area (Å²) in [6.07, 6.45) is -0.909. The molecule has 0 fully saturated rings. The lowest BCUT2D eigenvalue weighted by atomic mass is 10.0. The second kappa shape index (κ2) is 14.4. The van der Waals surface area contributed by atoms with E-state index in [1.165, 1.54) is 35.0 Å². The van der Waals surface area contributed by atoms with Crippen LogP contribution in [-0.2, 0) is 39.0 Å². The highest BCUT2D eigenvalue weighted by Gasteiger charge is 2.29. The van der Waals surface area contributed by atoms with E-state index in [2.05, 4.69) is 10.4 Å². The van der Waals surface area contributed by atoms with Gasteiger partial charge in [-0.2, -0.15) is 5.10 Å². The van der Waals surface area contributed by atoms with E-state index in [1.807, 2.05) is 11.6 Å². The van der Waals surface area contributed by atoms with Crippen LogP contribution in [0, 0.1) is 11.6 Å². The molecule has 14 heteroatoms. The monoisotopic (exact) mass is 654 g/mol. The van der Waals surface area contributed by atoms with Crippen molar-refractivity contribution in [1.82, 2.24) is 19.8 Å². The highest BCUT2D eigenvalue weighted by atomic mass is 32.2. The van der Waals surface area contributed by atoms with Crippen LogP contribution in [0.15, 0.2) is 77.7 Å². The number of halogens is 2. The van der Waals surface area contributed by atoms with Gasteiger partial charge in [0.2, 0.25) is 5.91 Å². The SMILES string of the molecule is CCCc1cc(C(=O)N[C@H](Cc2ccccc2)[C@@H](O)C(=O)O)nn1Cc1c(F)cc(-c2ccccc2S(=O)(=O)NC(C)=O)cc1F. The van der Waals surface area contributed by atoms with Gasteiger partial charge in [0.1, 0.15) is 17.3 Å². The van der Waals surface area contributed by atoms with E-state index >= 15 is 8.78 Å². The number of benzene rings is 3. The highest BCUT2D eigenvalue weighted by molar-refractivity contribution is 7.90. The predicted molar refractivity (Wildman–Crippen MR) is 163 cm³/mol. The lowest BCUT2D eigenvalue weighted by molar-refractivity contribution is -0.148. The lowest BCUT2D eigenvalue weighted by Crippen LogP contribution is -2.48. The number of nitrogens with one attached hydrogen (secondary N) is 2. The van der Waals surface area contributed by atoms with E-state index in [1.54, 1.807) is 30.3 Å². The lowest BCUT2D eigenvalue weighted by Gasteiger charge is -2.21. The van der Waals surface area contributed by atoms with E-state index in [0.29, 0.717) is 24.1 Å². The Morgan fingerprint density at radius 2 is 1.61 bits per heavy atom. The third-order valence-electron chi connectivity index (χ3n) is 7.07. The van der Waals surface area contributed by atoms with Crippen molar-refractivity contribution in [3.05, 3.63) is 107 Å². The topological polar surface area (TPSA) is 168 Å². The van der Waals surface area contributed by atoms with Gasteiger partial charge in [0, 0.05) is 23.7 Å². The predicted octanol–water partition coefficient (Wildman–Crippen LogP) is 3.44. The number of aliphatic hydroxyl groups is 1. The Kier molecular flexibility index (Phi) is 10.6. The summed E-state index contributed by atoms with van der Waals surface area (Å²) in [6.45, 7) is 2.46. The molecule has 1 heterocycles. The summed E-state index contributed by atoms with van der Waals surface area (Å²) in [7, 11) is -4.32. The standard InChI is InChI=1S/C32H32F2N4O7S/c1-3-9-22-17-28(31(41)35-27(30(40)32(42)43)14-20-10-5-4-6-11-20)36-38(22)18-24-25(33)15-21(16-26(24)34)23-12-7-8-13-29(23)46(44,45)37-19(2)39/h4-8,10-13,15-17,27,30,40H,3,9,14,18H2,1-2H3,(H,35,41)(H,37,39)(H,42,43)/t27-,30-/m1/s1. The summed E-state index contributed by atoms with van der Waals surface area (Å²) in [5.41, 5.74) is 0.490. The molecule has 0 aliphatic rings. The number of carbonyl (C=O) groups excluding carboxylic acids is 2. The molecule has 2 atom stereocenters. The van der Waals surface area contributed by atoms with Crippen LogP contribution in [0.4, 0.5) is 8.78 Å². The van der Waals surface area contributed by atoms with Gasteiger partial charge >= 0.3 is 5.97 Å². The van der Waals surface area contributed by atoms with Crippen LogP contribution in [0.25, 0.3) is 11.1 Å². The van der Waals surface area contributed by atoms with Gasteiger partial charge in [0.15, 0.2) is 6.10 Å². The van der Waals surface area contributed by atoms with E-state index < -0.39 is 63.7 Å². The number of hydrogen-bond donors (Lipinski definition) is 4. The molecule has 0 saturated heterocycles. The highest BCUT2D eigenvalue weighted by Crippen LogP contribution is 2.30. The summed E-state index contributed by atoms with van der Waals surface area (Å²) >= 11 is 0. The van der Waals surface area contributed by atoms with Gasteiger partial charge in [0.05, 0.1) is 17.5 Å². The maximum absolute atomic E-state index is 15.5. The van der Waals surface area contributed by atoms with Crippen molar-refractivity contribution in [3.63, 3.8) is 0 Å². The molecule has 0 unspecified atom stereocenters. The fourth-order valence-corrected chi connectivity index (χ4v) is 6.15. The number of aliphatic carboxylic acids is 1. The summed E-state index contributed by atoms with van der Waals surface area (Å²) in [6, 6.07) is 16.3. The van der Waals surface area contributed by atoms with Gasteiger partial charge in [0.25, 0.3) is 15.9 Å². The van der Waals surface area contributed by atoms with E-state index in [4.69, 9.17) is 0 Å². The number of carbonyl (C=O) groups is 3. The van der Waals surface area contributed by atoms with Crippen molar-refractivity contribution in [3.8, 4) is 11.1 Å². The zero-order valence-corrected chi connectivity index (χ0v) is 25.7. The maximum Gasteiger partial charge on any atom is 0.334 e. The number of nitrogens with zero attached hydrogens (tertiary/aromatic N) is 2. The molecule has 0 aliphatic carbocycles. The number of aliphatic hydroxyl groups excluding tert-OH is 1. The zero-order valence-electron chi connectivity index (χ0n) is 24.9. The Balaban J connectivity index is 1.63. The molecule has 1 aromatic heterocycles. The van der Waals surface area contributed by atoms with Crippen LogP contribution in [0.5, 0.6) is 0 Å². The minimum absolute atomic E-state index is 0.0145.